The predicted molar refractivity (Wildman–Crippen MR) is 116 cm³/mol. The Morgan fingerprint density at radius 3 is 2.71 bits per heavy atom. The van der Waals surface area contributed by atoms with Crippen LogP contribution in [-0.4, -0.2) is 28.4 Å². The molecule has 0 bridgehead atoms. The van der Waals surface area contributed by atoms with Crippen LogP contribution < -0.4 is 10.5 Å². The summed E-state index contributed by atoms with van der Waals surface area (Å²) in [4.78, 5) is 0. The van der Waals surface area contributed by atoms with Crippen LogP contribution in [0.15, 0.2) is 36.4 Å². The average molecular weight is 385 g/mol. The third kappa shape index (κ3) is 5.62. The monoisotopic (exact) mass is 384 g/mol. The molecule has 1 atom stereocenters. The Balaban J connectivity index is 1.60. The summed E-state index contributed by atoms with van der Waals surface area (Å²) < 4.78 is 8.29. The Kier molecular flexibility index (Phi) is 7.19. The molecule has 0 amide bonds. The van der Waals surface area contributed by atoms with E-state index in [1.54, 1.807) is 0 Å². The molecule has 2 aromatic rings. The van der Waals surface area contributed by atoms with Gasteiger partial charge >= 0.3 is 0 Å². The van der Waals surface area contributed by atoms with Crippen molar-refractivity contribution in [2.45, 2.75) is 63.8 Å². The third-order valence-corrected chi connectivity index (χ3v) is 6.19. The molecule has 0 spiro atoms. The van der Waals surface area contributed by atoms with E-state index in [-0.39, 0.29) is 6.61 Å². The second kappa shape index (κ2) is 9.62. The van der Waals surface area contributed by atoms with Crippen molar-refractivity contribution in [3.05, 3.63) is 42.1 Å². The van der Waals surface area contributed by atoms with E-state index in [9.17, 15) is 5.11 Å². The SMILES string of the molecule is Cn1c(CC[C@@](C)(N)CO)ccc1-c1cccc(OCCC2CCCCC2)c1. The van der Waals surface area contributed by atoms with Crippen LogP contribution in [0, 0.1) is 5.92 Å². The van der Waals surface area contributed by atoms with Crippen LogP contribution in [0.5, 0.6) is 5.75 Å². The van der Waals surface area contributed by atoms with Crippen LogP contribution in [0.3, 0.4) is 0 Å². The van der Waals surface area contributed by atoms with Crippen molar-refractivity contribution < 1.29 is 9.84 Å². The molecule has 1 aliphatic rings. The molecule has 28 heavy (non-hydrogen) atoms. The Labute approximate surface area is 169 Å². The second-order valence-corrected chi connectivity index (χ2v) is 8.75. The number of aromatic nitrogens is 1. The number of hydrogen-bond donors (Lipinski definition) is 2. The number of aliphatic hydroxyl groups excluding tert-OH is 1. The Bertz CT molecular complexity index is 745. The molecular weight excluding hydrogens is 348 g/mol. The van der Waals surface area contributed by atoms with Crippen molar-refractivity contribution in [1.29, 1.82) is 0 Å². The Hall–Kier alpha value is -1.78. The highest BCUT2D eigenvalue weighted by atomic mass is 16.5. The van der Waals surface area contributed by atoms with E-state index in [0.29, 0.717) is 0 Å². The van der Waals surface area contributed by atoms with Gasteiger partial charge in [-0.3, -0.25) is 0 Å². The first-order chi connectivity index (χ1) is 13.5. The van der Waals surface area contributed by atoms with Crippen LogP contribution in [0.1, 0.15) is 57.6 Å². The first-order valence-corrected chi connectivity index (χ1v) is 10.8. The zero-order valence-corrected chi connectivity index (χ0v) is 17.5. The summed E-state index contributed by atoms with van der Waals surface area (Å²) in [6, 6.07) is 12.7. The minimum Gasteiger partial charge on any atom is -0.494 e. The minimum atomic E-state index is -0.531. The van der Waals surface area contributed by atoms with Gasteiger partial charge in [-0.1, -0.05) is 44.2 Å². The van der Waals surface area contributed by atoms with Gasteiger partial charge in [-0.25, -0.2) is 0 Å². The van der Waals surface area contributed by atoms with Crippen molar-refractivity contribution in [3.8, 4) is 17.0 Å². The highest BCUT2D eigenvalue weighted by Crippen LogP contribution is 2.28. The minimum absolute atomic E-state index is 0.00449. The summed E-state index contributed by atoms with van der Waals surface area (Å²) in [5.41, 5.74) is 9.12. The Morgan fingerprint density at radius 1 is 1.18 bits per heavy atom. The van der Waals surface area contributed by atoms with Gasteiger partial charge in [-0.2, -0.15) is 0 Å². The van der Waals surface area contributed by atoms with Crippen LogP contribution >= 0.6 is 0 Å². The molecule has 1 aliphatic carbocycles. The van der Waals surface area contributed by atoms with Gasteiger partial charge in [0.25, 0.3) is 0 Å². The Morgan fingerprint density at radius 2 is 1.96 bits per heavy atom. The predicted octanol–water partition coefficient (Wildman–Crippen LogP) is 4.68. The molecule has 0 saturated heterocycles. The number of nitrogens with two attached hydrogens (primary N) is 1. The molecule has 1 heterocycles. The van der Waals surface area contributed by atoms with Gasteiger partial charge in [0.15, 0.2) is 0 Å². The molecule has 0 aliphatic heterocycles. The molecule has 1 fully saturated rings. The maximum absolute atomic E-state index is 9.36. The molecule has 4 heteroatoms. The number of aliphatic hydroxyl groups is 1. The lowest BCUT2D eigenvalue weighted by molar-refractivity contribution is 0.200. The lowest BCUT2D eigenvalue weighted by Crippen LogP contribution is -2.40. The zero-order chi connectivity index (χ0) is 20.0. The summed E-state index contributed by atoms with van der Waals surface area (Å²) >= 11 is 0. The van der Waals surface area contributed by atoms with Crippen molar-refractivity contribution in [3.63, 3.8) is 0 Å². The molecule has 1 aromatic heterocycles. The fourth-order valence-corrected chi connectivity index (χ4v) is 4.15. The lowest BCUT2D eigenvalue weighted by atomic mass is 9.87. The quantitative estimate of drug-likeness (QED) is 0.660. The number of aryl methyl sites for hydroxylation is 1. The second-order valence-electron chi connectivity index (χ2n) is 8.75. The van der Waals surface area contributed by atoms with Crippen molar-refractivity contribution in [2.75, 3.05) is 13.2 Å². The maximum Gasteiger partial charge on any atom is 0.119 e. The molecule has 1 saturated carbocycles. The standard InChI is InChI=1S/C24H36N2O2/c1-24(25,18-27)15-13-21-11-12-23(26(21)2)20-9-6-10-22(17-20)28-16-14-19-7-4-3-5-8-19/h6,9-12,17,19,27H,3-5,7-8,13-16,18,25H2,1-2H3/t24-/m1/s1. The van der Waals surface area contributed by atoms with Gasteiger partial charge < -0.3 is 20.1 Å². The molecule has 154 valence electrons. The van der Waals surface area contributed by atoms with Crippen molar-refractivity contribution in [2.24, 2.45) is 18.7 Å². The number of rotatable bonds is 9. The van der Waals surface area contributed by atoms with E-state index >= 15 is 0 Å². The molecule has 1 aromatic carbocycles. The van der Waals surface area contributed by atoms with Gasteiger partial charge in [0.1, 0.15) is 5.75 Å². The fraction of sp³-hybridized carbons (Fsp3) is 0.583. The first-order valence-electron chi connectivity index (χ1n) is 10.8. The number of nitrogens with zero attached hydrogens (tertiary/aromatic N) is 1. The highest BCUT2D eigenvalue weighted by molar-refractivity contribution is 5.62. The van der Waals surface area contributed by atoms with Gasteiger partial charge in [-0.05, 0) is 56.4 Å². The largest absolute Gasteiger partial charge is 0.494 e. The third-order valence-electron chi connectivity index (χ3n) is 6.19. The summed E-state index contributed by atoms with van der Waals surface area (Å²) in [6.45, 7) is 2.71. The molecule has 4 nitrogen and oxygen atoms in total. The van der Waals surface area contributed by atoms with Gasteiger partial charge in [-0.15, -0.1) is 0 Å². The van der Waals surface area contributed by atoms with Gasteiger partial charge in [0.2, 0.25) is 0 Å². The van der Waals surface area contributed by atoms with Crippen molar-refractivity contribution >= 4 is 0 Å². The highest BCUT2D eigenvalue weighted by Gasteiger charge is 2.18. The lowest BCUT2D eigenvalue weighted by Gasteiger charge is -2.21. The van der Waals surface area contributed by atoms with Crippen LogP contribution in [0.2, 0.25) is 0 Å². The van der Waals surface area contributed by atoms with E-state index in [1.165, 1.54) is 55.5 Å². The van der Waals surface area contributed by atoms with Crippen molar-refractivity contribution in [1.82, 2.24) is 4.57 Å². The maximum atomic E-state index is 9.36. The summed E-state index contributed by atoms with van der Waals surface area (Å²) in [6.07, 6.45) is 9.69. The number of benzene rings is 1. The zero-order valence-electron chi connectivity index (χ0n) is 17.5. The van der Waals surface area contributed by atoms with E-state index in [4.69, 9.17) is 10.5 Å². The molecule has 0 radical (unpaired) electrons. The summed E-state index contributed by atoms with van der Waals surface area (Å²) in [5, 5.41) is 9.36. The van der Waals surface area contributed by atoms with Crippen LogP contribution in [-0.2, 0) is 13.5 Å². The van der Waals surface area contributed by atoms with E-state index in [1.807, 2.05) is 6.92 Å². The van der Waals surface area contributed by atoms with E-state index < -0.39 is 5.54 Å². The van der Waals surface area contributed by atoms with Gasteiger partial charge in [0, 0.05) is 29.5 Å². The average Bonchev–Trinajstić information content (AvgIpc) is 3.08. The van der Waals surface area contributed by atoms with E-state index in [2.05, 4.69) is 48.0 Å². The first kappa shape index (κ1) is 20.9. The fourth-order valence-electron chi connectivity index (χ4n) is 4.15. The normalized spacial score (nSPS) is 17.4. The molecule has 0 unspecified atom stereocenters. The number of ether oxygens (including phenoxy) is 1. The van der Waals surface area contributed by atoms with Crippen LogP contribution in [0.4, 0.5) is 0 Å². The molecule has 3 N–H and O–H groups in total. The van der Waals surface area contributed by atoms with E-state index in [0.717, 1.165) is 31.1 Å². The van der Waals surface area contributed by atoms with Gasteiger partial charge in [0.05, 0.1) is 13.2 Å². The molecule has 3 rings (SSSR count). The summed E-state index contributed by atoms with van der Waals surface area (Å²) in [5.74, 6) is 1.80. The number of hydrogen-bond acceptors (Lipinski definition) is 3. The smallest absolute Gasteiger partial charge is 0.119 e. The van der Waals surface area contributed by atoms with Crippen LogP contribution in [0.25, 0.3) is 11.3 Å². The summed E-state index contributed by atoms with van der Waals surface area (Å²) in [7, 11) is 2.09. The molecular formula is C24H36N2O2. The topological polar surface area (TPSA) is 60.4 Å².